The predicted molar refractivity (Wildman–Crippen MR) is 87.6 cm³/mol. The highest BCUT2D eigenvalue weighted by Crippen LogP contribution is 2.26. The molecule has 1 atom stereocenters. The molecule has 2 N–H and O–H groups in total. The lowest BCUT2D eigenvalue weighted by Gasteiger charge is -2.26. The van der Waals surface area contributed by atoms with Crippen LogP contribution in [0.25, 0.3) is 0 Å². The van der Waals surface area contributed by atoms with Gasteiger partial charge in [0, 0.05) is 5.56 Å². The SMILES string of the molecule is N#Cc1ccc(C(=O)NCC(=O)N[C@H](C#N)C2CCCCC2)cc1. The van der Waals surface area contributed by atoms with Gasteiger partial charge in [-0.3, -0.25) is 9.59 Å². The van der Waals surface area contributed by atoms with Gasteiger partial charge in [-0.25, -0.2) is 0 Å². The molecule has 0 spiro atoms. The molecule has 0 aliphatic heterocycles. The third kappa shape index (κ3) is 4.82. The van der Waals surface area contributed by atoms with E-state index in [0.29, 0.717) is 11.1 Å². The van der Waals surface area contributed by atoms with Crippen molar-refractivity contribution in [3.8, 4) is 12.1 Å². The number of nitriles is 2. The number of hydrogen-bond acceptors (Lipinski definition) is 4. The van der Waals surface area contributed by atoms with Crippen LogP contribution in [0.1, 0.15) is 48.0 Å². The van der Waals surface area contributed by atoms with Gasteiger partial charge in [-0.15, -0.1) is 0 Å². The standard InChI is InChI=1S/C18H20N4O2/c19-10-13-6-8-15(9-7-13)18(24)21-12-17(23)22-16(11-20)14-4-2-1-3-5-14/h6-9,14,16H,1-5,12H2,(H,21,24)(H,22,23)/t16-/m1/s1. The summed E-state index contributed by atoms with van der Waals surface area (Å²) in [5, 5.41) is 23.2. The van der Waals surface area contributed by atoms with Gasteiger partial charge in [0.05, 0.1) is 24.2 Å². The van der Waals surface area contributed by atoms with Crippen molar-refractivity contribution in [2.45, 2.75) is 38.1 Å². The minimum Gasteiger partial charge on any atom is -0.343 e. The van der Waals surface area contributed by atoms with Crippen LogP contribution in [-0.4, -0.2) is 24.4 Å². The molecule has 0 bridgehead atoms. The van der Waals surface area contributed by atoms with Crippen molar-refractivity contribution in [2.75, 3.05) is 6.54 Å². The molecule has 0 heterocycles. The van der Waals surface area contributed by atoms with Crippen LogP contribution in [-0.2, 0) is 4.79 Å². The first kappa shape index (κ1) is 17.5. The molecule has 0 saturated heterocycles. The summed E-state index contributed by atoms with van der Waals surface area (Å²) in [5.41, 5.74) is 0.847. The first-order valence-corrected chi connectivity index (χ1v) is 8.11. The predicted octanol–water partition coefficient (Wildman–Crippen LogP) is 1.88. The summed E-state index contributed by atoms with van der Waals surface area (Å²) in [6.45, 7) is -0.177. The molecule has 1 aliphatic carbocycles. The van der Waals surface area contributed by atoms with Crippen molar-refractivity contribution < 1.29 is 9.59 Å². The maximum absolute atomic E-state index is 12.0. The van der Waals surface area contributed by atoms with Crippen LogP contribution in [0.15, 0.2) is 24.3 Å². The van der Waals surface area contributed by atoms with Crippen LogP contribution in [0.4, 0.5) is 0 Å². The molecule has 0 radical (unpaired) electrons. The Hall–Kier alpha value is -2.86. The molecule has 24 heavy (non-hydrogen) atoms. The topological polar surface area (TPSA) is 106 Å². The summed E-state index contributed by atoms with van der Waals surface area (Å²) in [6, 6.07) is 9.80. The summed E-state index contributed by atoms with van der Waals surface area (Å²) in [6.07, 6.45) is 5.28. The van der Waals surface area contributed by atoms with E-state index < -0.39 is 6.04 Å². The Balaban J connectivity index is 1.82. The minimum absolute atomic E-state index is 0.177. The highest BCUT2D eigenvalue weighted by atomic mass is 16.2. The summed E-state index contributed by atoms with van der Waals surface area (Å²) < 4.78 is 0. The summed E-state index contributed by atoms with van der Waals surface area (Å²) in [7, 11) is 0. The zero-order chi connectivity index (χ0) is 17.4. The molecular weight excluding hydrogens is 304 g/mol. The number of hydrogen-bond donors (Lipinski definition) is 2. The lowest BCUT2D eigenvalue weighted by Crippen LogP contribution is -2.44. The van der Waals surface area contributed by atoms with E-state index in [-0.39, 0.29) is 24.3 Å². The molecule has 1 aromatic rings. The number of carbonyl (C=O) groups is 2. The Kier molecular flexibility index (Phi) is 6.33. The lowest BCUT2D eigenvalue weighted by molar-refractivity contribution is -0.120. The molecule has 6 heteroatoms. The second-order valence-corrected chi connectivity index (χ2v) is 5.94. The van der Waals surface area contributed by atoms with Crippen molar-refractivity contribution >= 4 is 11.8 Å². The van der Waals surface area contributed by atoms with Crippen molar-refractivity contribution in [2.24, 2.45) is 5.92 Å². The van der Waals surface area contributed by atoms with Crippen molar-refractivity contribution in [1.29, 1.82) is 10.5 Å². The van der Waals surface area contributed by atoms with E-state index in [9.17, 15) is 14.9 Å². The number of carbonyl (C=O) groups excluding carboxylic acids is 2. The van der Waals surface area contributed by atoms with Crippen LogP contribution in [0.2, 0.25) is 0 Å². The highest BCUT2D eigenvalue weighted by molar-refractivity contribution is 5.96. The molecule has 0 aromatic heterocycles. The fourth-order valence-corrected chi connectivity index (χ4v) is 2.91. The average Bonchev–Trinajstić information content (AvgIpc) is 2.65. The number of nitrogens with zero attached hydrogens (tertiary/aromatic N) is 2. The Morgan fingerprint density at radius 1 is 1.12 bits per heavy atom. The van der Waals surface area contributed by atoms with E-state index >= 15 is 0 Å². The zero-order valence-electron chi connectivity index (χ0n) is 13.4. The summed E-state index contributed by atoms with van der Waals surface area (Å²) >= 11 is 0. The maximum atomic E-state index is 12.0. The second kappa shape index (κ2) is 8.69. The lowest BCUT2D eigenvalue weighted by atomic mass is 9.84. The van der Waals surface area contributed by atoms with Gasteiger partial charge in [0.15, 0.2) is 0 Å². The van der Waals surface area contributed by atoms with Gasteiger partial charge in [-0.2, -0.15) is 10.5 Å². The van der Waals surface area contributed by atoms with Gasteiger partial charge in [0.25, 0.3) is 5.91 Å². The Morgan fingerprint density at radius 2 is 1.79 bits per heavy atom. The van der Waals surface area contributed by atoms with Crippen LogP contribution in [0, 0.1) is 28.6 Å². The molecule has 0 unspecified atom stereocenters. The Bertz CT molecular complexity index is 664. The first-order chi connectivity index (χ1) is 11.6. The molecule has 1 saturated carbocycles. The molecule has 2 amide bonds. The smallest absolute Gasteiger partial charge is 0.251 e. The molecule has 124 valence electrons. The molecule has 1 aliphatic rings. The van der Waals surface area contributed by atoms with E-state index in [2.05, 4.69) is 16.7 Å². The van der Waals surface area contributed by atoms with Crippen LogP contribution in [0.5, 0.6) is 0 Å². The van der Waals surface area contributed by atoms with Crippen molar-refractivity contribution in [1.82, 2.24) is 10.6 Å². The summed E-state index contributed by atoms with van der Waals surface area (Å²) in [5.74, 6) is -0.558. The average molecular weight is 324 g/mol. The largest absolute Gasteiger partial charge is 0.343 e. The van der Waals surface area contributed by atoms with E-state index in [0.717, 1.165) is 25.7 Å². The third-order valence-corrected chi connectivity index (χ3v) is 4.26. The second-order valence-electron chi connectivity index (χ2n) is 5.94. The number of amides is 2. The van der Waals surface area contributed by atoms with E-state index in [1.807, 2.05) is 6.07 Å². The van der Waals surface area contributed by atoms with Crippen LogP contribution < -0.4 is 10.6 Å². The molecular formula is C18H20N4O2. The number of benzene rings is 1. The first-order valence-electron chi connectivity index (χ1n) is 8.11. The van der Waals surface area contributed by atoms with Gasteiger partial charge in [-0.05, 0) is 43.0 Å². The highest BCUT2D eigenvalue weighted by Gasteiger charge is 2.24. The van der Waals surface area contributed by atoms with Gasteiger partial charge >= 0.3 is 0 Å². The minimum atomic E-state index is -0.496. The van der Waals surface area contributed by atoms with E-state index in [4.69, 9.17) is 5.26 Å². The maximum Gasteiger partial charge on any atom is 0.251 e. The van der Waals surface area contributed by atoms with Crippen LogP contribution in [0.3, 0.4) is 0 Å². The van der Waals surface area contributed by atoms with Gasteiger partial charge < -0.3 is 10.6 Å². The van der Waals surface area contributed by atoms with Gasteiger partial charge in [0.2, 0.25) is 5.91 Å². The van der Waals surface area contributed by atoms with Crippen molar-refractivity contribution in [3.05, 3.63) is 35.4 Å². The summed E-state index contributed by atoms with van der Waals surface area (Å²) in [4.78, 5) is 23.9. The van der Waals surface area contributed by atoms with E-state index in [1.54, 1.807) is 12.1 Å². The normalized spacial score (nSPS) is 15.6. The monoisotopic (exact) mass is 324 g/mol. The molecule has 2 rings (SSSR count). The van der Waals surface area contributed by atoms with Crippen molar-refractivity contribution in [3.63, 3.8) is 0 Å². The fourth-order valence-electron chi connectivity index (χ4n) is 2.91. The zero-order valence-corrected chi connectivity index (χ0v) is 13.4. The number of nitrogens with one attached hydrogen (secondary N) is 2. The molecule has 6 nitrogen and oxygen atoms in total. The Labute approximate surface area is 141 Å². The molecule has 1 aromatic carbocycles. The third-order valence-electron chi connectivity index (χ3n) is 4.26. The molecule has 1 fully saturated rings. The Morgan fingerprint density at radius 3 is 2.38 bits per heavy atom. The van der Waals surface area contributed by atoms with Gasteiger partial charge in [-0.1, -0.05) is 19.3 Å². The quantitative estimate of drug-likeness (QED) is 0.862. The van der Waals surface area contributed by atoms with E-state index in [1.165, 1.54) is 18.6 Å². The fraction of sp³-hybridized carbons (Fsp3) is 0.444. The van der Waals surface area contributed by atoms with Crippen LogP contribution >= 0.6 is 0 Å². The number of rotatable bonds is 5. The van der Waals surface area contributed by atoms with Gasteiger partial charge in [0.1, 0.15) is 6.04 Å².